The first-order valence-electron chi connectivity index (χ1n) is 10.1. The highest BCUT2D eigenvalue weighted by Gasteiger charge is 2.40. The molecule has 1 N–H and O–H groups in total. The van der Waals surface area contributed by atoms with E-state index >= 15 is 0 Å². The van der Waals surface area contributed by atoms with E-state index in [-0.39, 0.29) is 24.2 Å². The molecule has 0 radical (unpaired) electrons. The number of fused-ring (bicyclic) bond motifs is 4. The van der Waals surface area contributed by atoms with Crippen molar-refractivity contribution < 1.29 is 23.8 Å². The van der Waals surface area contributed by atoms with Crippen molar-refractivity contribution in [3.63, 3.8) is 0 Å². The zero-order valence-corrected chi connectivity index (χ0v) is 17.4. The Balaban J connectivity index is 1.73. The fourth-order valence-corrected chi connectivity index (χ4v) is 4.41. The highest BCUT2D eigenvalue weighted by atomic mass is 16.5. The molecule has 0 spiro atoms. The van der Waals surface area contributed by atoms with Crippen molar-refractivity contribution in [1.82, 2.24) is 4.98 Å². The molecule has 0 bridgehead atoms. The summed E-state index contributed by atoms with van der Waals surface area (Å²) in [6.45, 7) is 3.68. The van der Waals surface area contributed by atoms with E-state index in [2.05, 4.69) is 4.98 Å². The third-order valence-corrected chi connectivity index (χ3v) is 5.82. The monoisotopic (exact) mass is 419 g/mol. The molecule has 2 aliphatic heterocycles. The summed E-state index contributed by atoms with van der Waals surface area (Å²) in [5.41, 5.74) is 1.06. The lowest BCUT2D eigenvalue weighted by atomic mass is 9.82. The second kappa shape index (κ2) is 6.70. The van der Waals surface area contributed by atoms with Crippen LogP contribution in [0.4, 0.5) is 0 Å². The third kappa shape index (κ3) is 3.17. The predicted octanol–water partition coefficient (Wildman–Crippen LogP) is 3.72. The third-order valence-electron chi connectivity index (χ3n) is 5.82. The summed E-state index contributed by atoms with van der Waals surface area (Å²) in [4.78, 5) is 41.0. The molecule has 0 amide bonds. The van der Waals surface area contributed by atoms with Crippen LogP contribution in [0.1, 0.15) is 54.1 Å². The molecule has 5 rings (SSSR count). The first kappa shape index (κ1) is 19.4. The summed E-state index contributed by atoms with van der Waals surface area (Å²) in [6.07, 6.45) is 0.230. The molecule has 158 valence electrons. The van der Waals surface area contributed by atoms with Crippen molar-refractivity contribution >= 4 is 22.7 Å². The number of hydrogen-bond donors (Lipinski definition) is 1. The quantitative estimate of drug-likeness (QED) is 0.503. The van der Waals surface area contributed by atoms with Gasteiger partial charge in [0.05, 0.1) is 31.0 Å². The van der Waals surface area contributed by atoms with Crippen LogP contribution in [0.25, 0.3) is 10.9 Å². The molecule has 1 atom stereocenters. The number of methoxy groups -OCH3 is 1. The van der Waals surface area contributed by atoms with Crippen molar-refractivity contribution in [3.8, 4) is 17.2 Å². The van der Waals surface area contributed by atoms with Gasteiger partial charge in [0.1, 0.15) is 22.8 Å². The number of ketones is 1. The van der Waals surface area contributed by atoms with Crippen LogP contribution < -0.4 is 19.8 Å². The molecular formula is C24H21NO6. The van der Waals surface area contributed by atoms with Crippen LogP contribution in [-0.2, 0) is 4.79 Å². The summed E-state index contributed by atoms with van der Waals surface area (Å²) in [5.74, 6) is 0.274. The number of ether oxygens (including phenoxy) is 3. The minimum absolute atomic E-state index is 0.0217. The molecule has 31 heavy (non-hydrogen) atoms. The van der Waals surface area contributed by atoms with Crippen LogP contribution in [0.5, 0.6) is 17.2 Å². The van der Waals surface area contributed by atoms with Gasteiger partial charge in [-0.1, -0.05) is 0 Å². The standard InChI is InChI=1S/C24H21NO6/c1-24(2)11-18(26)14-6-7-19-21(22(14)31-24)15(10-20(27)30-19)16-8-12-4-5-13(29-3)9-17(12)25-23(16)28/h4-9,15H,10-11H2,1-3H3,(H,25,28)/t15-/m1/s1. The van der Waals surface area contributed by atoms with Gasteiger partial charge in [-0.05, 0) is 49.6 Å². The van der Waals surface area contributed by atoms with Crippen LogP contribution in [0.2, 0.25) is 0 Å². The maximum absolute atomic E-state index is 13.1. The number of rotatable bonds is 2. The van der Waals surface area contributed by atoms with Crippen LogP contribution in [0.15, 0.2) is 41.2 Å². The maximum Gasteiger partial charge on any atom is 0.312 e. The topological polar surface area (TPSA) is 94.7 Å². The number of nitrogens with one attached hydrogen (secondary N) is 1. The van der Waals surface area contributed by atoms with Crippen LogP contribution in [0, 0.1) is 0 Å². The summed E-state index contributed by atoms with van der Waals surface area (Å²) >= 11 is 0. The van der Waals surface area contributed by atoms with E-state index in [4.69, 9.17) is 14.2 Å². The van der Waals surface area contributed by atoms with Gasteiger partial charge in [0.15, 0.2) is 5.78 Å². The molecule has 1 aromatic heterocycles. The molecule has 0 saturated heterocycles. The van der Waals surface area contributed by atoms with Gasteiger partial charge in [-0.3, -0.25) is 14.4 Å². The van der Waals surface area contributed by atoms with Gasteiger partial charge in [-0.25, -0.2) is 0 Å². The SMILES string of the molecule is COc1ccc2cc([C@H]3CC(=O)Oc4ccc5c(c43)OC(C)(C)CC5=O)c(=O)[nH]c2c1. The number of carbonyl (C=O) groups excluding carboxylic acids is 2. The number of carbonyl (C=O) groups is 2. The predicted molar refractivity (Wildman–Crippen MR) is 113 cm³/mol. The van der Waals surface area contributed by atoms with E-state index in [9.17, 15) is 14.4 Å². The number of hydrogen-bond acceptors (Lipinski definition) is 6. The summed E-state index contributed by atoms with van der Waals surface area (Å²) in [5, 5.41) is 0.804. The second-order valence-corrected chi connectivity index (χ2v) is 8.55. The summed E-state index contributed by atoms with van der Waals surface area (Å²) in [6, 6.07) is 10.4. The van der Waals surface area contributed by atoms with E-state index < -0.39 is 17.5 Å². The molecule has 0 aliphatic carbocycles. The van der Waals surface area contributed by atoms with Gasteiger partial charge in [-0.2, -0.15) is 0 Å². The lowest BCUT2D eigenvalue weighted by Gasteiger charge is -2.36. The smallest absolute Gasteiger partial charge is 0.312 e. The molecule has 0 saturated carbocycles. The van der Waals surface area contributed by atoms with Gasteiger partial charge in [0, 0.05) is 23.1 Å². The zero-order valence-electron chi connectivity index (χ0n) is 17.4. The number of aromatic amines is 1. The van der Waals surface area contributed by atoms with Crippen LogP contribution in [0.3, 0.4) is 0 Å². The van der Waals surface area contributed by atoms with Gasteiger partial charge in [0.25, 0.3) is 5.56 Å². The van der Waals surface area contributed by atoms with Crippen LogP contribution in [-0.4, -0.2) is 29.4 Å². The van der Waals surface area contributed by atoms with Crippen molar-refractivity contribution in [2.24, 2.45) is 0 Å². The maximum atomic E-state index is 13.1. The molecule has 2 aromatic carbocycles. The second-order valence-electron chi connectivity index (χ2n) is 8.55. The number of esters is 1. The number of Topliss-reactive ketones (excluding diaryl/α,β-unsaturated/α-hetero) is 1. The lowest BCUT2D eigenvalue weighted by molar-refractivity contribution is -0.135. The fraction of sp³-hybridized carbons (Fsp3) is 0.292. The first-order chi connectivity index (χ1) is 14.8. The van der Waals surface area contributed by atoms with Crippen LogP contribution >= 0.6 is 0 Å². The van der Waals surface area contributed by atoms with Gasteiger partial charge in [-0.15, -0.1) is 0 Å². The lowest BCUT2D eigenvalue weighted by Crippen LogP contribution is -2.37. The normalized spacial score (nSPS) is 19.3. The number of pyridine rings is 1. The largest absolute Gasteiger partial charge is 0.497 e. The average Bonchev–Trinajstić information content (AvgIpc) is 2.71. The Morgan fingerprint density at radius 2 is 1.90 bits per heavy atom. The minimum atomic E-state index is -0.697. The van der Waals surface area contributed by atoms with Crippen molar-refractivity contribution in [3.05, 3.63) is 63.4 Å². The Labute approximate surface area is 177 Å². The molecular weight excluding hydrogens is 398 g/mol. The summed E-state index contributed by atoms with van der Waals surface area (Å²) in [7, 11) is 1.56. The molecule has 7 nitrogen and oxygen atoms in total. The Hall–Kier alpha value is -3.61. The number of aromatic nitrogens is 1. The Morgan fingerprint density at radius 3 is 2.68 bits per heavy atom. The number of benzene rings is 2. The van der Waals surface area contributed by atoms with E-state index in [0.29, 0.717) is 39.5 Å². The van der Waals surface area contributed by atoms with Crippen molar-refractivity contribution in [2.75, 3.05) is 7.11 Å². The highest BCUT2D eigenvalue weighted by molar-refractivity contribution is 6.01. The van der Waals surface area contributed by atoms with E-state index in [1.165, 1.54) is 0 Å². The molecule has 7 heteroatoms. The van der Waals surface area contributed by atoms with E-state index in [1.807, 2.05) is 19.9 Å². The molecule has 3 aromatic rings. The molecule has 3 heterocycles. The number of H-pyrrole nitrogens is 1. The highest BCUT2D eigenvalue weighted by Crippen LogP contribution is 2.48. The van der Waals surface area contributed by atoms with E-state index in [1.54, 1.807) is 37.4 Å². The average molecular weight is 419 g/mol. The van der Waals surface area contributed by atoms with E-state index in [0.717, 1.165) is 5.39 Å². The Bertz CT molecular complexity index is 1320. The van der Waals surface area contributed by atoms with Gasteiger partial charge < -0.3 is 19.2 Å². The first-order valence-corrected chi connectivity index (χ1v) is 10.1. The summed E-state index contributed by atoms with van der Waals surface area (Å²) < 4.78 is 16.9. The zero-order chi connectivity index (χ0) is 21.9. The molecule has 0 fully saturated rings. The fourth-order valence-electron chi connectivity index (χ4n) is 4.41. The Morgan fingerprint density at radius 1 is 1.10 bits per heavy atom. The van der Waals surface area contributed by atoms with Crippen molar-refractivity contribution in [2.45, 2.75) is 38.2 Å². The van der Waals surface area contributed by atoms with Gasteiger partial charge >= 0.3 is 5.97 Å². The minimum Gasteiger partial charge on any atom is -0.497 e. The van der Waals surface area contributed by atoms with Gasteiger partial charge in [0.2, 0.25) is 0 Å². The Kier molecular flexibility index (Phi) is 4.18. The molecule has 0 unspecified atom stereocenters. The van der Waals surface area contributed by atoms with Crippen molar-refractivity contribution in [1.29, 1.82) is 0 Å². The molecule has 2 aliphatic rings.